The molecule has 0 fully saturated rings. The number of carbonyl (C=O) groups excluding carboxylic acids is 1. The van der Waals surface area contributed by atoms with Gasteiger partial charge in [0.25, 0.3) is 5.56 Å². The van der Waals surface area contributed by atoms with Crippen molar-refractivity contribution < 1.29 is 13.9 Å². The monoisotopic (exact) mass is 444 g/mol. The number of methoxy groups -OCH3 is 1. The minimum Gasteiger partial charge on any atom is -0.496 e. The smallest absolute Gasteiger partial charge is 0.271 e. The summed E-state index contributed by atoms with van der Waals surface area (Å²) in [6.45, 7) is 3.32. The summed E-state index contributed by atoms with van der Waals surface area (Å²) in [4.78, 5) is 31.6. The van der Waals surface area contributed by atoms with Crippen LogP contribution >= 0.6 is 11.3 Å². The van der Waals surface area contributed by atoms with Gasteiger partial charge >= 0.3 is 0 Å². The quantitative estimate of drug-likeness (QED) is 0.482. The average Bonchev–Trinajstić information content (AvgIpc) is 3.40. The van der Waals surface area contributed by atoms with E-state index in [0.717, 1.165) is 16.3 Å². The van der Waals surface area contributed by atoms with Gasteiger partial charge in [0.15, 0.2) is 10.6 Å². The van der Waals surface area contributed by atoms with Gasteiger partial charge in [0.1, 0.15) is 11.5 Å². The fraction of sp³-hybridized carbons (Fsp3) is 0.160. The van der Waals surface area contributed by atoms with E-state index in [1.807, 2.05) is 43.3 Å². The Bertz CT molecular complexity index is 1570. The lowest BCUT2D eigenvalue weighted by Gasteiger charge is -2.27. The lowest BCUT2D eigenvalue weighted by Crippen LogP contribution is -2.39. The molecule has 2 aromatic heterocycles. The number of carbonyl (C=O) groups is 1. The Morgan fingerprint density at radius 3 is 2.72 bits per heavy atom. The maximum atomic E-state index is 13.6. The zero-order valence-corrected chi connectivity index (χ0v) is 18.6. The first-order chi connectivity index (χ1) is 15.5. The van der Waals surface area contributed by atoms with E-state index in [-0.39, 0.29) is 11.3 Å². The first-order valence-corrected chi connectivity index (χ1v) is 10.9. The van der Waals surface area contributed by atoms with Gasteiger partial charge in [-0.25, -0.2) is 4.99 Å². The molecule has 1 aliphatic rings. The molecule has 7 heteroatoms. The van der Waals surface area contributed by atoms with Crippen LogP contribution in [0.1, 0.15) is 31.2 Å². The highest BCUT2D eigenvalue weighted by molar-refractivity contribution is 7.07. The Hall–Kier alpha value is -3.71. The second kappa shape index (κ2) is 7.76. The number of nitrogens with zero attached hydrogens (tertiary/aromatic N) is 2. The Morgan fingerprint density at radius 2 is 2.00 bits per heavy atom. The van der Waals surface area contributed by atoms with Crippen molar-refractivity contribution in [2.45, 2.75) is 19.9 Å². The Morgan fingerprint density at radius 1 is 1.19 bits per heavy atom. The molecule has 1 aliphatic heterocycles. The number of Topliss-reactive ketones (excluding diaryl/α,β-unsaturated/α-hetero) is 1. The Balaban J connectivity index is 1.89. The lowest BCUT2D eigenvalue weighted by atomic mass is 9.89. The van der Waals surface area contributed by atoms with Crippen molar-refractivity contribution in [3.8, 4) is 5.75 Å². The van der Waals surface area contributed by atoms with Gasteiger partial charge in [-0.3, -0.25) is 14.2 Å². The fourth-order valence-corrected chi connectivity index (χ4v) is 5.31. The van der Waals surface area contributed by atoms with Crippen LogP contribution in [0.2, 0.25) is 0 Å². The second-order valence-corrected chi connectivity index (χ2v) is 8.57. The van der Waals surface area contributed by atoms with Crippen LogP contribution in [0.25, 0.3) is 16.8 Å². The number of thiazole rings is 1. The van der Waals surface area contributed by atoms with Crippen molar-refractivity contribution in [3.05, 3.63) is 97.1 Å². The van der Waals surface area contributed by atoms with Crippen LogP contribution in [0.3, 0.4) is 0 Å². The molecule has 2 aromatic carbocycles. The predicted octanol–water partition coefficient (Wildman–Crippen LogP) is 3.58. The normalized spacial score (nSPS) is 16.2. The number of rotatable bonds is 4. The molecular formula is C25H20N2O4S. The molecule has 0 N–H and O–H groups in total. The summed E-state index contributed by atoms with van der Waals surface area (Å²) >= 11 is 1.28. The predicted molar refractivity (Wildman–Crippen MR) is 124 cm³/mol. The molecular weight excluding hydrogens is 424 g/mol. The standard InChI is InChI=1S/C25H20N2O4S/c1-14-21(15(2)28)23(22-18-9-5-4-7-16(18)10-11-19(22)30-3)27-24(29)20(32-25(27)26-14)13-17-8-6-12-31-17/h4-13,23H,1-3H3/b20-13-/t23-/m0/s1. The van der Waals surface area contributed by atoms with Crippen molar-refractivity contribution in [2.24, 2.45) is 4.99 Å². The summed E-state index contributed by atoms with van der Waals surface area (Å²) in [5, 5.41) is 1.92. The molecule has 0 aliphatic carbocycles. The molecule has 32 heavy (non-hydrogen) atoms. The number of allylic oxidation sites excluding steroid dienone is 2. The molecule has 160 valence electrons. The molecule has 0 unspecified atom stereocenters. The third-order valence-electron chi connectivity index (χ3n) is 5.64. The molecule has 0 saturated carbocycles. The van der Waals surface area contributed by atoms with E-state index in [0.29, 0.717) is 32.1 Å². The van der Waals surface area contributed by atoms with Crippen LogP contribution < -0.4 is 19.6 Å². The van der Waals surface area contributed by atoms with Crippen molar-refractivity contribution in [1.82, 2.24) is 4.57 Å². The van der Waals surface area contributed by atoms with Crippen LogP contribution in [0.5, 0.6) is 5.75 Å². The molecule has 5 rings (SSSR count). The molecule has 0 amide bonds. The van der Waals surface area contributed by atoms with E-state index in [2.05, 4.69) is 4.99 Å². The van der Waals surface area contributed by atoms with E-state index in [9.17, 15) is 9.59 Å². The number of aromatic nitrogens is 1. The number of fused-ring (bicyclic) bond motifs is 2. The van der Waals surface area contributed by atoms with Gasteiger partial charge in [-0.15, -0.1) is 0 Å². The number of hydrogen-bond donors (Lipinski definition) is 0. The minimum absolute atomic E-state index is 0.133. The summed E-state index contributed by atoms with van der Waals surface area (Å²) in [5.41, 5.74) is 1.63. The third-order valence-corrected chi connectivity index (χ3v) is 6.62. The Kier molecular flexibility index (Phi) is 4.90. The number of benzene rings is 2. The molecule has 0 spiro atoms. The molecule has 1 atom stereocenters. The number of hydrogen-bond acceptors (Lipinski definition) is 6. The van der Waals surface area contributed by atoms with Gasteiger partial charge < -0.3 is 9.15 Å². The van der Waals surface area contributed by atoms with Crippen LogP contribution in [-0.2, 0) is 4.79 Å². The molecule has 0 radical (unpaired) electrons. The van der Waals surface area contributed by atoms with Crippen molar-refractivity contribution in [2.75, 3.05) is 7.11 Å². The van der Waals surface area contributed by atoms with Crippen LogP contribution in [0.15, 0.2) is 80.3 Å². The summed E-state index contributed by atoms with van der Waals surface area (Å²) < 4.78 is 13.2. The minimum atomic E-state index is -0.649. The zero-order valence-electron chi connectivity index (χ0n) is 17.8. The highest BCUT2D eigenvalue weighted by Crippen LogP contribution is 2.40. The van der Waals surface area contributed by atoms with Crippen LogP contribution in [-0.4, -0.2) is 17.5 Å². The third kappa shape index (κ3) is 3.13. The topological polar surface area (TPSA) is 73.8 Å². The van der Waals surface area contributed by atoms with Crippen molar-refractivity contribution in [3.63, 3.8) is 0 Å². The molecule has 6 nitrogen and oxygen atoms in total. The maximum absolute atomic E-state index is 13.6. The van der Waals surface area contributed by atoms with E-state index < -0.39 is 6.04 Å². The summed E-state index contributed by atoms with van der Waals surface area (Å²) in [6.07, 6.45) is 3.26. The van der Waals surface area contributed by atoms with Gasteiger partial charge in [-0.1, -0.05) is 41.7 Å². The second-order valence-electron chi connectivity index (χ2n) is 7.56. The lowest BCUT2D eigenvalue weighted by molar-refractivity contribution is -0.114. The summed E-state index contributed by atoms with van der Waals surface area (Å²) in [5.74, 6) is 1.06. The molecule has 3 heterocycles. The van der Waals surface area contributed by atoms with Gasteiger partial charge in [0.2, 0.25) is 0 Å². The summed E-state index contributed by atoms with van der Waals surface area (Å²) in [6, 6.07) is 14.6. The molecule has 0 bridgehead atoms. The maximum Gasteiger partial charge on any atom is 0.271 e. The highest BCUT2D eigenvalue weighted by atomic mass is 32.1. The van der Waals surface area contributed by atoms with E-state index in [1.165, 1.54) is 18.3 Å². The molecule has 0 saturated heterocycles. The fourth-order valence-electron chi connectivity index (χ4n) is 4.28. The SMILES string of the molecule is COc1ccc2ccccc2c1[C@@H]1C(C(C)=O)=C(C)N=c2s/c(=C\c3ccco3)c(=O)n21. The zero-order chi connectivity index (χ0) is 22.4. The van der Waals surface area contributed by atoms with Crippen molar-refractivity contribution in [1.29, 1.82) is 0 Å². The first kappa shape index (κ1) is 20.2. The highest BCUT2D eigenvalue weighted by Gasteiger charge is 2.33. The van der Waals surface area contributed by atoms with Gasteiger partial charge in [-0.2, -0.15) is 0 Å². The average molecular weight is 445 g/mol. The summed E-state index contributed by atoms with van der Waals surface area (Å²) in [7, 11) is 1.60. The number of ether oxygens (including phenoxy) is 1. The van der Waals surface area contributed by atoms with Gasteiger partial charge in [-0.05, 0) is 42.8 Å². The first-order valence-electron chi connectivity index (χ1n) is 10.1. The van der Waals surface area contributed by atoms with E-state index in [4.69, 9.17) is 9.15 Å². The van der Waals surface area contributed by atoms with Crippen molar-refractivity contribution >= 4 is 34.0 Å². The molecule has 4 aromatic rings. The Labute approximate surface area is 187 Å². The van der Waals surface area contributed by atoms with Gasteiger partial charge in [0.05, 0.1) is 23.9 Å². The van der Waals surface area contributed by atoms with E-state index >= 15 is 0 Å². The number of ketones is 1. The van der Waals surface area contributed by atoms with Gasteiger partial charge in [0, 0.05) is 22.9 Å². The van der Waals surface area contributed by atoms with Crippen LogP contribution in [0.4, 0.5) is 0 Å². The largest absolute Gasteiger partial charge is 0.496 e. The van der Waals surface area contributed by atoms with Crippen LogP contribution in [0, 0.1) is 0 Å². The van der Waals surface area contributed by atoms with E-state index in [1.54, 1.807) is 36.1 Å². The number of furan rings is 1.